The van der Waals surface area contributed by atoms with Gasteiger partial charge < -0.3 is 61.4 Å². The number of rotatable bonds is 29. The summed E-state index contributed by atoms with van der Waals surface area (Å²) in [6.45, 7) is 2.00. The molecule has 2 aliphatic rings. The molecule has 0 saturated carbocycles. The summed E-state index contributed by atoms with van der Waals surface area (Å²) >= 11 is 0. The summed E-state index contributed by atoms with van der Waals surface area (Å²) in [7, 11) is 0. The smallest absolute Gasteiger partial charge is 0.330 e. The van der Waals surface area contributed by atoms with Gasteiger partial charge in [0.2, 0.25) is 5.91 Å². The molecule has 2 fully saturated rings. The molecule has 20 heteroatoms. The molecule has 2 aromatic rings. The summed E-state index contributed by atoms with van der Waals surface area (Å²) in [5.74, 6) is -2.43. The van der Waals surface area contributed by atoms with Crippen LogP contribution in [-0.4, -0.2) is 139 Å². The van der Waals surface area contributed by atoms with Crippen molar-refractivity contribution in [1.82, 2.24) is 30.5 Å². The number of nitrogens with zero attached hydrogens (tertiary/aromatic N) is 2. The summed E-state index contributed by atoms with van der Waals surface area (Å²) < 4.78 is 18.1. The molecular formula is C42H67N7O13. The lowest BCUT2D eigenvalue weighted by Crippen LogP contribution is -2.57. The van der Waals surface area contributed by atoms with Gasteiger partial charge in [0.05, 0.1) is 0 Å². The van der Waals surface area contributed by atoms with Crippen LogP contribution in [0.3, 0.4) is 0 Å². The zero-order valence-corrected chi connectivity index (χ0v) is 35.5. The first-order valence-corrected chi connectivity index (χ1v) is 22.0. The Hall–Kier alpha value is -4.12. The fraction of sp³-hybridized carbons (Fsp3) is 0.714. The molecule has 0 radical (unpaired) electrons. The second kappa shape index (κ2) is 26.5. The highest BCUT2D eigenvalue weighted by molar-refractivity contribution is 5.96. The van der Waals surface area contributed by atoms with E-state index in [1.54, 1.807) is 18.2 Å². The van der Waals surface area contributed by atoms with Gasteiger partial charge >= 0.3 is 11.7 Å². The van der Waals surface area contributed by atoms with Crippen molar-refractivity contribution in [2.24, 2.45) is 5.73 Å². The average molecular weight is 878 g/mol. The van der Waals surface area contributed by atoms with Gasteiger partial charge in [-0.25, -0.2) is 4.79 Å². The van der Waals surface area contributed by atoms with Crippen molar-refractivity contribution in [3.8, 4) is 0 Å². The van der Waals surface area contributed by atoms with Crippen LogP contribution in [-0.2, 0) is 23.8 Å². The van der Waals surface area contributed by atoms with Crippen LogP contribution in [0.25, 0.3) is 0 Å². The fourth-order valence-electron chi connectivity index (χ4n) is 7.73. The molecule has 0 unspecified atom stereocenters. The van der Waals surface area contributed by atoms with Crippen LogP contribution in [0.1, 0.15) is 120 Å². The van der Waals surface area contributed by atoms with Gasteiger partial charge in [-0.15, -0.1) is 0 Å². The van der Waals surface area contributed by atoms with E-state index in [9.17, 15) is 49.5 Å². The second-order valence-electron chi connectivity index (χ2n) is 16.0. The van der Waals surface area contributed by atoms with Crippen molar-refractivity contribution in [3.05, 3.63) is 63.2 Å². The highest BCUT2D eigenvalue weighted by Gasteiger charge is 2.54. The number of aliphatic hydroxyl groups excluding tert-OH is 4. The lowest BCUT2D eigenvalue weighted by molar-refractivity contribution is -0.228. The number of ether oxygens (including phenoxy) is 3. The third-order valence-electron chi connectivity index (χ3n) is 11.3. The van der Waals surface area contributed by atoms with Crippen molar-refractivity contribution in [2.75, 3.05) is 19.6 Å². The third kappa shape index (κ3) is 15.0. The summed E-state index contributed by atoms with van der Waals surface area (Å²) in [4.78, 5) is 69.5. The van der Waals surface area contributed by atoms with E-state index in [1.807, 2.05) is 4.98 Å². The first-order valence-electron chi connectivity index (χ1n) is 22.0. The first kappa shape index (κ1) is 50.5. The largest absolute Gasteiger partial charge is 0.480 e. The molecule has 0 spiro atoms. The van der Waals surface area contributed by atoms with Crippen LogP contribution in [0.2, 0.25) is 0 Å². The van der Waals surface area contributed by atoms with Gasteiger partial charge in [-0.1, -0.05) is 96.5 Å². The summed E-state index contributed by atoms with van der Waals surface area (Å²) in [6, 6.07) is 3.31. The minimum atomic E-state index is -1.87. The molecule has 4 heterocycles. The van der Waals surface area contributed by atoms with Gasteiger partial charge in [0.25, 0.3) is 11.5 Å². The number of pyridine rings is 1. The Labute approximate surface area is 360 Å². The lowest BCUT2D eigenvalue weighted by atomic mass is 9.98. The van der Waals surface area contributed by atoms with Crippen LogP contribution in [0.4, 0.5) is 0 Å². The molecule has 11 N–H and O–H groups in total. The van der Waals surface area contributed by atoms with Crippen molar-refractivity contribution in [3.63, 3.8) is 0 Å². The van der Waals surface area contributed by atoms with E-state index >= 15 is 0 Å². The van der Waals surface area contributed by atoms with Gasteiger partial charge in [0.1, 0.15) is 60.5 Å². The topological polar surface area (TPSA) is 310 Å². The van der Waals surface area contributed by atoms with Crippen molar-refractivity contribution < 1.29 is 54.1 Å². The van der Waals surface area contributed by atoms with Gasteiger partial charge in [-0.3, -0.25) is 33.7 Å². The van der Waals surface area contributed by atoms with Crippen LogP contribution in [0.5, 0.6) is 0 Å². The number of H-pyrrole nitrogens is 1. The quantitative estimate of drug-likeness (QED) is 0.0487. The molecule has 2 aromatic heterocycles. The Bertz CT molecular complexity index is 1770. The number of aliphatic hydroxyl groups is 4. The van der Waals surface area contributed by atoms with Gasteiger partial charge in [-0.05, 0) is 31.5 Å². The zero-order valence-electron chi connectivity index (χ0n) is 35.5. The standard InChI is InChI=1S/C42H67N7O13/c1-2-3-4-5-6-7-8-9-10-11-12-13-14-19-27(47-38(56)26-18-15-16-21-44-26)37(55)46-23-17-22-45-30(40(57)58)35(62-41-34(54)31(51)28(25-43)60-41)36-32(52)33(53)39(61-36)49-24-20-29(50)48-42(49)59/h15-16,18,20-21,24,27-28,30-36,39,41,45,51-54H,2-14,17,19,22-23,25,43H2,1H3,(H,46,55)(H,47,56)(H,57,58)(H,48,50,59)/t27-,28+,30-,31+,32-,33+,34+,35-,36-,39+,41-/m0/s1. The van der Waals surface area contributed by atoms with Gasteiger partial charge in [-0.2, -0.15) is 0 Å². The maximum Gasteiger partial charge on any atom is 0.330 e. The number of carboxylic acid groups (broad SMARTS) is 1. The summed E-state index contributed by atoms with van der Waals surface area (Å²) in [5, 5.41) is 62.0. The van der Waals surface area contributed by atoms with Crippen molar-refractivity contribution in [1.29, 1.82) is 0 Å². The number of nitrogens with one attached hydrogen (secondary N) is 4. The number of carbonyl (C=O) groups excluding carboxylic acids is 2. The second-order valence-corrected chi connectivity index (χ2v) is 16.0. The van der Waals surface area contributed by atoms with E-state index in [-0.39, 0.29) is 31.7 Å². The van der Waals surface area contributed by atoms with Crippen molar-refractivity contribution >= 4 is 17.8 Å². The number of aromatic nitrogens is 3. The number of hydrogen-bond donors (Lipinski definition) is 10. The molecular weight excluding hydrogens is 810 g/mol. The predicted octanol–water partition coefficient (Wildman–Crippen LogP) is 0.170. The third-order valence-corrected chi connectivity index (χ3v) is 11.3. The van der Waals surface area contributed by atoms with Crippen molar-refractivity contribution in [2.45, 2.75) is 171 Å². The minimum absolute atomic E-state index is 0.0583. The summed E-state index contributed by atoms with van der Waals surface area (Å²) in [5.41, 5.74) is 4.10. The number of carbonyl (C=O) groups is 3. The molecule has 0 aromatic carbocycles. The Morgan fingerprint density at radius 2 is 1.52 bits per heavy atom. The number of amides is 2. The van der Waals surface area contributed by atoms with Crippen LogP contribution >= 0.6 is 0 Å². The van der Waals surface area contributed by atoms with Gasteiger partial charge in [0.15, 0.2) is 12.5 Å². The monoisotopic (exact) mass is 877 g/mol. The van der Waals surface area contributed by atoms with Gasteiger partial charge in [0, 0.05) is 31.5 Å². The van der Waals surface area contributed by atoms with E-state index in [0.717, 1.165) is 36.1 Å². The molecule has 0 aliphatic carbocycles. The van der Waals surface area contributed by atoms with E-state index in [0.29, 0.717) is 12.8 Å². The molecule has 4 rings (SSSR count). The Morgan fingerprint density at radius 3 is 2.10 bits per heavy atom. The molecule has 2 saturated heterocycles. The van der Waals surface area contributed by atoms with E-state index in [4.69, 9.17) is 19.9 Å². The Kier molecular flexibility index (Phi) is 21.6. The lowest BCUT2D eigenvalue weighted by Gasteiger charge is -2.33. The fourth-order valence-corrected chi connectivity index (χ4v) is 7.73. The molecule has 348 valence electrons. The molecule has 62 heavy (non-hydrogen) atoms. The van der Waals surface area contributed by atoms with E-state index < -0.39 is 96.4 Å². The molecule has 20 nitrogen and oxygen atoms in total. The SMILES string of the molecule is CCCCCCCCCCCCCCC[C@H](NC(=O)c1ccccn1)C(=O)NCCCN[C@H](C(=O)O)[C@H](O[C@@H]1O[C@H](CN)[C@@H](O)[C@H]1O)[C@H]1O[C@@H](n2ccc(=O)[nH]c2=O)[C@H](O)[C@@H]1O. The van der Waals surface area contributed by atoms with Crippen LogP contribution in [0.15, 0.2) is 46.2 Å². The van der Waals surface area contributed by atoms with Crippen LogP contribution in [0, 0.1) is 0 Å². The number of aromatic amines is 1. The molecule has 0 bridgehead atoms. The van der Waals surface area contributed by atoms with E-state index in [1.165, 1.54) is 64.0 Å². The predicted molar refractivity (Wildman–Crippen MR) is 225 cm³/mol. The Morgan fingerprint density at radius 1 is 0.855 bits per heavy atom. The highest BCUT2D eigenvalue weighted by atomic mass is 16.7. The maximum atomic E-state index is 13.4. The molecule has 2 aliphatic heterocycles. The minimum Gasteiger partial charge on any atom is -0.480 e. The summed E-state index contributed by atoms with van der Waals surface area (Å²) in [6.07, 6.45) is 3.60. The molecule has 2 amide bonds. The Balaban J connectivity index is 1.34. The zero-order chi connectivity index (χ0) is 45.0. The van der Waals surface area contributed by atoms with E-state index in [2.05, 4.69) is 27.9 Å². The first-order chi connectivity index (χ1) is 29.9. The number of nitrogens with two attached hydrogens (primary N) is 1. The molecule has 11 atom stereocenters. The normalized spacial score (nSPS) is 25.0. The van der Waals surface area contributed by atoms with Crippen LogP contribution < -0.4 is 32.9 Å². The number of carboxylic acids is 1. The average Bonchev–Trinajstić information content (AvgIpc) is 3.70. The number of unbranched alkanes of at least 4 members (excludes halogenated alkanes) is 12. The highest BCUT2D eigenvalue weighted by Crippen LogP contribution is 2.34. The number of aliphatic carboxylic acids is 1. The maximum absolute atomic E-state index is 13.4. The number of hydrogen-bond acceptors (Lipinski definition) is 15.